The molecule has 0 aliphatic rings. The maximum atomic E-state index is 4.47. The molecule has 0 saturated heterocycles. The van der Waals surface area contributed by atoms with Gasteiger partial charge in [-0.25, -0.2) is 4.98 Å². The lowest BCUT2D eigenvalue weighted by Crippen LogP contribution is -1.85. The quantitative estimate of drug-likeness (QED) is 0.723. The van der Waals surface area contributed by atoms with Crippen LogP contribution in [-0.2, 0) is 0 Å². The lowest BCUT2D eigenvalue weighted by atomic mass is 10.1. The molecule has 0 aliphatic heterocycles. The maximum absolute atomic E-state index is 4.47. The van der Waals surface area contributed by atoms with E-state index >= 15 is 0 Å². The Kier molecular flexibility index (Phi) is 2.29. The fourth-order valence-electron chi connectivity index (χ4n) is 1.91. The second-order valence-corrected chi connectivity index (χ2v) is 3.92. The van der Waals surface area contributed by atoms with E-state index < -0.39 is 0 Å². The van der Waals surface area contributed by atoms with Gasteiger partial charge in [0.15, 0.2) is 0 Å². The van der Waals surface area contributed by atoms with Gasteiger partial charge in [0.2, 0.25) is 0 Å². The highest BCUT2D eigenvalue weighted by molar-refractivity contribution is 5.68. The monoisotopic (exact) mass is 223 g/mol. The molecule has 0 unspecified atom stereocenters. The fourth-order valence-corrected chi connectivity index (χ4v) is 1.91. The van der Waals surface area contributed by atoms with Crippen LogP contribution in [0.4, 0.5) is 5.82 Å². The molecular formula is C14H13N3. The zero-order chi connectivity index (χ0) is 11.7. The minimum absolute atomic E-state index is 0.884. The molecule has 0 spiro atoms. The van der Waals surface area contributed by atoms with Crippen molar-refractivity contribution in [3.63, 3.8) is 0 Å². The van der Waals surface area contributed by atoms with Crippen LogP contribution in [0.1, 0.15) is 0 Å². The Labute approximate surface area is 99.7 Å². The number of anilines is 1. The molecule has 0 bridgehead atoms. The van der Waals surface area contributed by atoms with Crippen LogP contribution in [-0.4, -0.2) is 16.4 Å². The summed E-state index contributed by atoms with van der Waals surface area (Å²) >= 11 is 0. The van der Waals surface area contributed by atoms with E-state index in [0.717, 1.165) is 11.5 Å². The summed E-state index contributed by atoms with van der Waals surface area (Å²) in [6.45, 7) is 0. The molecule has 2 heterocycles. The van der Waals surface area contributed by atoms with Gasteiger partial charge in [-0.1, -0.05) is 30.3 Å². The van der Waals surface area contributed by atoms with Crippen LogP contribution in [0.3, 0.4) is 0 Å². The lowest BCUT2D eigenvalue weighted by molar-refractivity contribution is 1.19. The van der Waals surface area contributed by atoms with Crippen molar-refractivity contribution in [3.05, 3.63) is 54.9 Å². The van der Waals surface area contributed by atoms with E-state index in [-0.39, 0.29) is 0 Å². The van der Waals surface area contributed by atoms with Gasteiger partial charge in [-0.15, -0.1) is 0 Å². The molecule has 3 nitrogen and oxygen atoms in total. The van der Waals surface area contributed by atoms with Gasteiger partial charge in [-0.05, 0) is 23.3 Å². The van der Waals surface area contributed by atoms with Crippen molar-refractivity contribution in [1.29, 1.82) is 0 Å². The van der Waals surface area contributed by atoms with Gasteiger partial charge in [0.05, 0.1) is 6.20 Å². The molecule has 0 amide bonds. The minimum Gasteiger partial charge on any atom is -0.372 e. The molecule has 17 heavy (non-hydrogen) atoms. The van der Waals surface area contributed by atoms with Gasteiger partial charge >= 0.3 is 0 Å². The summed E-state index contributed by atoms with van der Waals surface area (Å²) in [5.41, 5.74) is 3.35. The number of benzene rings is 1. The number of hydrogen-bond acceptors (Lipinski definition) is 2. The summed E-state index contributed by atoms with van der Waals surface area (Å²) in [6.07, 6.45) is 4.01. The molecule has 3 rings (SSSR count). The molecule has 3 aromatic rings. The number of hydrogen-bond donors (Lipinski definition) is 1. The van der Waals surface area contributed by atoms with Crippen molar-refractivity contribution in [3.8, 4) is 11.1 Å². The van der Waals surface area contributed by atoms with Crippen molar-refractivity contribution in [2.24, 2.45) is 0 Å². The smallest absolute Gasteiger partial charge is 0.145 e. The van der Waals surface area contributed by atoms with Gasteiger partial charge in [-0.2, -0.15) is 0 Å². The van der Waals surface area contributed by atoms with Gasteiger partial charge in [0.1, 0.15) is 11.5 Å². The van der Waals surface area contributed by atoms with Crippen molar-refractivity contribution in [2.75, 3.05) is 12.4 Å². The van der Waals surface area contributed by atoms with Crippen molar-refractivity contribution >= 4 is 11.5 Å². The first kappa shape index (κ1) is 9.90. The Morgan fingerprint density at radius 2 is 1.88 bits per heavy atom. The molecule has 2 aromatic heterocycles. The Hall–Kier alpha value is -2.29. The van der Waals surface area contributed by atoms with E-state index in [1.807, 2.05) is 42.0 Å². The third-order valence-electron chi connectivity index (χ3n) is 2.82. The van der Waals surface area contributed by atoms with Crippen LogP contribution in [0.5, 0.6) is 0 Å². The SMILES string of the molecule is CNc1cn2ccc(-c3ccccc3)cc2n1. The Morgan fingerprint density at radius 3 is 2.65 bits per heavy atom. The molecule has 0 atom stereocenters. The lowest BCUT2D eigenvalue weighted by Gasteiger charge is -2.01. The minimum atomic E-state index is 0.884. The van der Waals surface area contributed by atoms with Crippen LogP contribution >= 0.6 is 0 Å². The average Bonchev–Trinajstić information content (AvgIpc) is 2.81. The zero-order valence-corrected chi connectivity index (χ0v) is 9.59. The standard InChI is InChI=1S/C14H13N3/c1-15-13-10-17-8-7-12(9-14(17)16-13)11-5-3-2-4-6-11/h2-10,15H,1H3. The fraction of sp³-hybridized carbons (Fsp3) is 0.0714. The third kappa shape index (κ3) is 1.76. The molecule has 84 valence electrons. The highest BCUT2D eigenvalue weighted by Crippen LogP contribution is 2.21. The number of nitrogens with zero attached hydrogens (tertiary/aromatic N) is 2. The Bertz CT molecular complexity index is 641. The molecule has 1 N–H and O–H groups in total. The molecule has 0 fully saturated rings. The summed E-state index contributed by atoms with van der Waals surface area (Å²) in [5, 5.41) is 3.04. The van der Waals surface area contributed by atoms with E-state index in [2.05, 4.69) is 34.6 Å². The highest BCUT2D eigenvalue weighted by Gasteiger charge is 2.02. The normalized spacial score (nSPS) is 10.6. The third-order valence-corrected chi connectivity index (χ3v) is 2.82. The second-order valence-electron chi connectivity index (χ2n) is 3.92. The maximum Gasteiger partial charge on any atom is 0.145 e. The molecule has 1 aromatic carbocycles. The molecule has 3 heteroatoms. The van der Waals surface area contributed by atoms with Crippen LogP contribution in [0, 0.1) is 0 Å². The van der Waals surface area contributed by atoms with Crippen molar-refractivity contribution < 1.29 is 0 Å². The first-order chi connectivity index (χ1) is 8.36. The number of aromatic nitrogens is 2. The van der Waals surface area contributed by atoms with Crippen LogP contribution < -0.4 is 5.32 Å². The van der Waals surface area contributed by atoms with E-state index in [1.165, 1.54) is 11.1 Å². The largest absolute Gasteiger partial charge is 0.372 e. The van der Waals surface area contributed by atoms with Gasteiger partial charge < -0.3 is 9.72 Å². The van der Waals surface area contributed by atoms with E-state index in [9.17, 15) is 0 Å². The summed E-state index contributed by atoms with van der Waals surface area (Å²) in [7, 11) is 1.87. The number of rotatable bonds is 2. The van der Waals surface area contributed by atoms with E-state index in [0.29, 0.717) is 0 Å². The Morgan fingerprint density at radius 1 is 1.06 bits per heavy atom. The second kappa shape index (κ2) is 3.94. The number of pyridine rings is 1. The first-order valence-electron chi connectivity index (χ1n) is 5.59. The summed E-state index contributed by atoms with van der Waals surface area (Å²) in [6, 6.07) is 14.5. The van der Waals surface area contributed by atoms with Crippen molar-refractivity contribution in [1.82, 2.24) is 9.38 Å². The van der Waals surface area contributed by atoms with Crippen molar-refractivity contribution in [2.45, 2.75) is 0 Å². The average molecular weight is 223 g/mol. The molecule has 0 saturated carbocycles. The molecule has 0 radical (unpaired) electrons. The summed E-state index contributed by atoms with van der Waals surface area (Å²) < 4.78 is 2.01. The molecule has 0 aliphatic carbocycles. The number of fused-ring (bicyclic) bond motifs is 1. The zero-order valence-electron chi connectivity index (χ0n) is 9.59. The number of nitrogens with one attached hydrogen (secondary N) is 1. The van der Waals surface area contributed by atoms with Crippen LogP contribution in [0.25, 0.3) is 16.8 Å². The number of imidazole rings is 1. The predicted molar refractivity (Wildman–Crippen MR) is 70.2 cm³/mol. The van der Waals surface area contributed by atoms with E-state index in [4.69, 9.17) is 0 Å². The summed E-state index contributed by atoms with van der Waals surface area (Å²) in [5.74, 6) is 0.884. The first-order valence-corrected chi connectivity index (χ1v) is 5.59. The van der Waals surface area contributed by atoms with Crippen LogP contribution in [0.2, 0.25) is 0 Å². The predicted octanol–water partition coefficient (Wildman–Crippen LogP) is 3.04. The van der Waals surface area contributed by atoms with Gasteiger partial charge in [0.25, 0.3) is 0 Å². The topological polar surface area (TPSA) is 29.3 Å². The van der Waals surface area contributed by atoms with E-state index in [1.54, 1.807) is 0 Å². The van der Waals surface area contributed by atoms with Crippen LogP contribution in [0.15, 0.2) is 54.9 Å². The molecular weight excluding hydrogens is 210 g/mol. The van der Waals surface area contributed by atoms with Gasteiger partial charge in [0, 0.05) is 13.2 Å². The summed E-state index contributed by atoms with van der Waals surface area (Å²) in [4.78, 5) is 4.47. The Balaban J connectivity index is 2.13. The van der Waals surface area contributed by atoms with Gasteiger partial charge in [-0.3, -0.25) is 0 Å². The highest BCUT2D eigenvalue weighted by atomic mass is 15.1.